The van der Waals surface area contributed by atoms with Crippen LogP contribution < -0.4 is 10.6 Å². The predicted octanol–water partition coefficient (Wildman–Crippen LogP) is 1.86. The van der Waals surface area contributed by atoms with Crippen LogP contribution in [0.4, 0.5) is 5.69 Å². The van der Waals surface area contributed by atoms with Gasteiger partial charge in [-0.1, -0.05) is 0 Å². The second-order valence-electron chi connectivity index (χ2n) is 5.07. The number of hydrogen-bond acceptors (Lipinski definition) is 4. The van der Waals surface area contributed by atoms with Crippen LogP contribution in [-0.4, -0.2) is 30.3 Å². The van der Waals surface area contributed by atoms with Crippen LogP contribution in [0.15, 0.2) is 22.7 Å². The van der Waals surface area contributed by atoms with E-state index < -0.39 is 16.2 Å². The van der Waals surface area contributed by atoms with Crippen molar-refractivity contribution in [1.82, 2.24) is 10.6 Å². The van der Waals surface area contributed by atoms with Gasteiger partial charge in [-0.2, -0.15) is 0 Å². The summed E-state index contributed by atoms with van der Waals surface area (Å²) in [7, 11) is 1.52. The maximum atomic E-state index is 12.0. The maximum absolute atomic E-state index is 12.0. The van der Waals surface area contributed by atoms with Crippen molar-refractivity contribution in [2.45, 2.75) is 13.8 Å². The molecule has 0 saturated heterocycles. The van der Waals surface area contributed by atoms with Gasteiger partial charge in [0.05, 0.1) is 14.8 Å². The first-order chi connectivity index (χ1) is 9.69. The maximum Gasteiger partial charge on any atom is 0.284 e. The zero-order valence-corrected chi connectivity index (χ0v) is 13.5. The Hall–Kier alpha value is -1.96. The first kappa shape index (κ1) is 17.1. The van der Waals surface area contributed by atoms with Gasteiger partial charge in [0.25, 0.3) is 11.6 Å². The second-order valence-corrected chi connectivity index (χ2v) is 5.92. The lowest BCUT2D eigenvalue weighted by atomic mass is 9.92. The minimum Gasteiger partial charge on any atom is -0.359 e. The third kappa shape index (κ3) is 4.25. The van der Waals surface area contributed by atoms with E-state index in [0.29, 0.717) is 4.47 Å². The number of benzene rings is 1. The Morgan fingerprint density at radius 3 is 2.52 bits per heavy atom. The summed E-state index contributed by atoms with van der Waals surface area (Å²) in [5.41, 5.74) is -0.795. The van der Waals surface area contributed by atoms with Crippen LogP contribution in [0.5, 0.6) is 0 Å². The van der Waals surface area contributed by atoms with E-state index in [1.165, 1.54) is 25.2 Å². The van der Waals surface area contributed by atoms with Gasteiger partial charge in [0, 0.05) is 25.2 Å². The number of hydrogen-bond donors (Lipinski definition) is 2. The minimum atomic E-state index is -0.772. The molecule has 0 radical (unpaired) electrons. The highest BCUT2D eigenvalue weighted by Crippen LogP contribution is 2.25. The Labute approximate surface area is 130 Å². The molecule has 7 nitrogen and oxygen atoms in total. The van der Waals surface area contributed by atoms with Crippen molar-refractivity contribution in [3.05, 3.63) is 38.3 Å². The third-order valence-corrected chi connectivity index (χ3v) is 3.61. The molecule has 0 aromatic heterocycles. The van der Waals surface area contributed by atoms with Crippen LogP contribution in [0.1, 0.15) is 24.2 Å². The van der Waals surface area contributed by atoms with Gasteiger partial charge in [0.1, 0.15) is 0 Å². The van der Waals surface area contributed by atoms with E-state index in [0.717, 1.165) is 0 Å². The summed E-state index contributed by atoms with van der Waals surface area (Å²) in [5, 5.41) is 15.9. The molecule has 0 aliphatic heterocycles. The quantitative estimate of drug-likeness (QED) is 0.620. The van der Waals surface area contributed by atoms with Crippen LogP contribution in [0, 0.1) is 15.5 Å². The highest BCUT2D eigenvalue weighted by molar-refractivity contribution is 9.10. The standard InChI is InChI=1S/C13H16BrN3O4/c1-13(2,12(19)15-3)7-16-11(18)8-4-5-9(14)10(6-8)17(20)21/h4-6H,7H2,1-3H3,(H,15,19)(H,16,18). The number of rotatable bonds is 5. The van der Waals surface area contributed by atoms with Crippen LogP contribution in [0.2, 0.25) is 0 Å². The number of nitrogens with zero attached hydrogens (tertiary/aromatic N) is 1. The monoisotopic (exact) mass is 357 g/mol. The molecule has 1 aromatic carbocycles. The van der Waals surface area contributed by atoms with Gasteiger partial charge in [-0.15, -0.1) is 0 Å². The normalized spacial score (nSPS) is 10.9. The Balaban J connectivity index is 2.84. The zero-order chi connectivity index (χ0) is 16.2. The van der Waals surface area contributed by atoms with Crippen LogP contribution in [0.25, 0.3) is 0 Å². The SMILES string of the molecule is CNC(=O)C(C)(C)CNC(=O)c1ccc(Br)c([N+](=O)[O-])c1. The molecule has 0 bridgehead atoms. The smallest absolute Gasteiger partial charge is 0.284 e. The van der Waals surface area contributed by atoms with Gasteiger partial charge in [0.2, 0.25) is 5.91 Å². The fourth-order valence-corrected chi connectivity index (χ4v) is 2.01. The molecule has 0 atom stereocenters. The van der Waals surface area contributed by atoms with Gasteiger partial charge >= 0.3 is 0 Å². The molecule has 21 heavy (non-hydrogen) atoms. The molecule has 1 rings (SSSR count). The Kier molecular flexibility index (Phi) is 5.42. The number of amides is 2. The number of nitro benzene ring substituents is 1. The number of halogens is 1. The first-order valence-electron chi connectivity index (χ1n) is 6.13. The summed E-state index contributed by atoms with van der Waals surface area (Å²) in [6.07, 6.45) is 0. The summed E-state index contributed by atoms with van der Waals surface area (Å²) >= 11 is 3.05. The van der Waals surface area contributed by atoms with E-state index in [2.05, 4.69) is 26.6 Å². The van der Waals surface area contributed by atoms with Crippen molar-refractivity contribution in [2.24, 2.45) is 5.41 Å². The summed E-state index contributed by atoms with van der Waals surface area (Å²) in [4.78, 5) is 33.9. The van der Waals surface area contributed by atoms with Gasteiger partial charge < -0.3 is 10.6 Å². The minimum absolute atomic E-state index is 0.120. The van der Waals surface area contributed by atoms with E-state index in [4.69, 9.17) is 0 Å². The van der Waals surface area contributed by atoms with Crippen LogP contribution in [-0.2, 0) is 4.79 Å². The number of carbonyl (C=O) groups is 2. The van der Waals surface area contributed by atoms with Gasteiger partial charge in [-0.3, -0.25) is 19.7 Å². The summed E-state index contributed by atoms with van der Waals surface area (Å²) in [6, 6.07) is 4.10. The van der Waals surface area contributed by atoms with E-state index in [1.807, 2.05) is 0 Å². The van der Waals surface area contributed by atoms with Crippen molar-refractivity contribution in [3.8, 4) is 0 Å². The molecule has 0 aliphatic carbocycles. The molecule has 2 N–H and O–H groups in total. The lowest BCUT2D eigenvalue weighted by molar-refractivity contribution is -0.385. The lowest BCUT2D eigenvalue weighted by Gasteiger charge is -2.22. The molecule has 8 heteroatoms. The molecule has 114 valence electrons. The summed E-state index contributed by atoms with van der Waals surface area (Å²) in [6.45, 7) is 3.50. The molecule has 0 fully saturated rings. The number of nitro groups is 1. The fraction of sp³-hybridized carbons (Fsp3) is 0.385. The van der Waals surface area contributed by atoms with Crippen molar-refractivity contribution < 1.29 is 14.5 Å². The van der Waals surface area contributed by atoms with Crippen molar-refractivity contribution >= 4 is 33.4 Å². The van der Waals surface area contributed by atoms with E-state index in [9.17, 15) is 19.7 Å². The molecule has 0 unspecified atom stereocenters. The second kappa shape index (κ2) is 6.66. The van der Waals surface area contributed by atoms with Crippen molar-refractivity contribution in [2.75, 3.05) is 13.6 Å². The van der Waals surface area contributed by atoms with E-state index in [1.54, 1.807) is 13.8 Å². The Morgan fingerprint density at radius 2 is 2.00 bits per heavy atom. The largest absolute Gasteiger partial charge is 0.359 e. The Morgan fingerprint density at radius 1 is 1.38 bits per heavy atom. The van der Waals surface area contributed by atoms with Crippen LogP contribution >= 0.6 is 15.9 Å². The topological polar surface area (TPSA) is 101 Å². The highest BCUT2D eigenvalue weighted by atomic mass is 79.9. The molecular formula is C13H16BrN3O4. The predicted molar refractivity (Wildman–Crippen MR) is 81.0 cm³/mol. The fourth-order valence-electron chi connectivity index (χ4n) is 1.62. The lowest BCUT2D eigenvalue weighted by Crippen LogP contribution is -2.43. The average molecular weight is 358 g/mol. The molecular weight excluding hydrogens is 342 g/mol. The third-order valence-electron chi connectivity index (χ3n) is 2.94. The summed E-state index contributed by atoms with van der Waals surface area (Å²) in [5.74, 6) is -0.674. The first-order valence-corrected chi connectivity index (χ1v) is 6.92. The molecule has 0 saturated carbocycles. The Bertz CT molecular complexity index is 587. The van der Waals surface area contributed by atoms with E-state index >= 15 is 0 Å². The molecule has 2 amide bonds. The zero-order valence-electron chi connectivity index (χ0n) is 11.9. The van der Waals surface area contributed by atoms with Gasteiger partial charge in [-0.05, 0) is 41.9 Å². The van der Waals surface area contributed by atoms with E-state index in [-0.39, 0.29) is 23.7 Å². The molecule has 0 aliphatic rings. The molecule has 0 heterocycles. The van der Waals surface area contributed by atoms with Crippen molar-refractivity contribution in [1.29, 1.82) is 0 Å². The summed E-state index contributed by atoms with van der Waals surface area (Å²) < 4.78 is 0.301. The molecule has 1 aromatic rings. The van der Waals surface area contributed by atoms with Crippen LogP contribution in [0.3, 0.4) is 0 Å². The average Bonchev–Trinajstić information content (AvgIpc) is 2.44. The van der Waals surface area contributed by atoms with Gasteiger partial charge in [0.15, 0.2) is 0 Å². The van der Waals surface area contributed by atoms with Gasteiger partial charge in [-0.25, -0.2) is 0 Å². The molecule has 0 spiro atoms. The number of carbonyl (C=O) groups excluding carboxylic acids is 2. The van der Waals surface area contributed by atoms with Crippen molar-refractivity contribution in [3.63, 3.8) is 0 Å². The number of nitrogens with one attached hydrogen (secondary N) is 2. The highest BCUT2D eigenvalue weighted by Gasteiger charge is 2.27.